The molecule has 6 heteroatoms. The van der Waals surface area contributed by atoms with Crippen molar-refractivity contribution in [1.29, 1.82) is 0 Å². The Bertz CT molecular complexity index is 525. The molecule has 2 N–H and O–H groups in total. The van der Waals surface area contributed by atoms with Crippen LogP contribution in [0.3, 0.4) is 0 Å². The molecule has 0 aromatic heterocycles. The molecular formula is C16H24N4O2. The van der Waals surface area contributed by atoms with Crippen molar-refractivity contribution >= 4 is 17.6 Å². The normalized spacial score (nSPS) is 14.2. The van der Waals surface area contributed by atoms with Crippen molar-refractivity contribution in [3.63, 3.8) is 0 Å². The van der Waals surface area contributed by atoms with E-state index in [1.54, 1.807) is 0 Å². The molecule has 0 unspecified atom stereocenters. The molecule has 1 heterocycles. The Kier molecular flexibility index (Phi) is 5.77. The number of hydrogen-bond acceptors (Lipinski definition) is 3. The Balaban J connectivity index is 1.85. The number of carbonyl (C=O) groups excluding carboxylic acids is 2. The van der Waals surface area contributed by atoms with E-state index in [1.165, 1.54) is 0 Å². The van der Waals surface area contributed by atoms with Gasteiger partial charge in [0.1, 0.15) is 0 Å². The zero-order chi connectivity index (χ0) is 15.9. The van der Waals surface area contributed by atoms with E-state index in [-0.39, 0.29) is 11.9 Å². The molecule has 2 rings (SSSR count). The van der Waals surface area contributed by atoms with Crippen molar-refractivity contribution in [1.82, 2.24) is 15.1 Å². The first-order valence-electron chi connectivity index (χ1n) is 7.61. The lowest BCUT2D eigenvalue weighted by molar-refractivity contribution is -0.116. The van der Waals surface area contributed by atoms with Crippen LogP contribution in [-0.4, -0.2) is 55.5 Å². The van der Waals surface area contributed by atoms with Crippen LogP contribution < -0.4 is 10.6 Å². The molecule has 120 valence electrons. The summed E-state index contributed by atoms with van der Waals surface area (Å²) in [6.45, 7) is 2.49. The Labute approximate surface area is 131 Å². The van der Waals surface area contributed by atoms with Crippen LogP contribution in [0.4, 0.5) is 10.5 Å². The van der Waals surface area contributed by atoms with Gasteiger partial charge in [-0.15, -0.1) is 0 Å². The van der Waals surface area contributed by atoms with Gasteiger partial charge in [-0.3, -0.25) is 4.79 Å². The number of hydrogen-bond donors (Lipinski definition) is 2. The molecule has 1 fully saturated rings. The molecule has 1 aliphatic heterocycles. The number of anilines is 1. The topological polar surface area (TPSA) is 64.7 Å². The summed E-state index contributed by atoms with van der Waals surface area (Å²) < 4.78 is 0. The molecule has 1 aliphatic rings. The smallest absolute Gasteiger partial charge is 0.317 e. The molecule has 6 nitrogen and oxygen atoms in total. The number of likely N-dealkylation sites (N-methyl/N-ethyl adjacent to an activating group) is 1. The van der Waals surface area contributed by atoms with Gasteiger partial charge in [0.2, 0.25) is 5.91 Å². The molecule has 0 aliphatic carbocycles. The fourth-order valence-electron chi connectivity index (χ4n) is 2.46. The van der Waals surface area contributed by atoms with E-state index in [4.69, 9.17) is 0 Å². The summed E-state index contributed by atoms with van der Waals surface area (Å²) in [5.74, 6) is -0.0525. The van der Waals surface area contributed by atoms with Crippen molar-refractivity contribution in [2.45, 2.75) is 19.4 Å². The maximum Gasteiger partial charge on any atom is 0.317 e. The fourth-order valence-corrected chi connectivity index (χ4v) is 2.46. The molecule has 1 aromatic carbocycles. The number of nitrogens with zero attached hydrogens (tertiary/aromatic N) is 2. The highest BCUT2D eigenvalue weighted by atomic mass is 16.2. The fraction of sp³-hybridized carbons (Fsp3) is 0.500. The highest BCUT2D eigenvalue weighted by Gasteiger charge is 2.17. The second-order valence-electron chi connectivity index (χ2n) is 5.84. The Morgan fingerprint density at radius 3 is 2.64 bits per heavy atom. The standard InChI is InChI=1S/C16H24N4O2/c1-19(2)12-15(21)18-14-7-5-6-13(10-14)11-17-16(22)20-8-3-4-9-20/h5-7,10H,3-4,8-9,11-12H2,1-2H3,(H,17,22)(H,18,21). The second kappa shape index (κ2) is 7.79. The Hall–Kier alpha value is -2.08. The highest BCUT2D eigenvalue weighted by molar-refractivity contribution is 5.92. The predicted octanol–water partition coefficient (Wildman–Crippen LogP) is 1.49. The molecule has 22 heavy (non-hydrogen) atoms. The SMILES string of the molecule is CN(C)CC(=O)Nc1cccc(CNC(=O)N2CCCC2)c1. The van der Waals surface area contributed by atoms with Gasteiger partial charge in [-0.25, -0.2) is 4.79 Å². The number of rotatable bonds is 5. The number of benzene rings is 1. The van der Waals surface area contributed by atoms with Crippen molar-refractivity contribution < 1.29 is 9.59 Å². The van der Waals surface area contributed by atoms with Gasteiger partial charge < -0.3 is 20.4 Å². The van der Waals surface area contributed by atoms with Crippen LogP contribution in [0.15, 0.2) is 24.3 Å². The maximum absolute atomic E-state index is 11.9. The minimum atomic E-state index is -0.0525. The van der Waals surface area contributed by atoms with Crippen molar-refractivity contribution in [3.8, 4) is 0 Å². The van der Waals surface area contributed by atoms with Gasteiger partial charge in [0.05, 0.1) is 6.54 Å². The molecule has 1 aromatic rings. The number of likely N-dealkylation sites (tertiary alicyclic amines) is 1. The van der Waals surface area contributed by atoms with Crippen LogP contribution in [0.5, 0.6) is 0 Å². The molecule has 0 radical (unpaired) electrons. The molecule has 1 saturated heterocycles. The summed E-state index contributed by atoms with van der Waals surface area (Å²) in [7, 11) is 3.70. The third-order valence-corrected chi connectivity index (χ3v) is 3.51. The third-order valence-electron chi connectivity index (χ3n) is 3.51. The number of amides is 3. The highest BCUT2D eigenvalue weighted by Crippen LogP contribution is 2.11. The predicted molar refractivity (Wildman–Crippen MR) is 86.7 cm³/mol. The van der Waals surface area contributed by atoms with Gasteiger partial charge >= 0.3 is 6.03 Å². The van der Waals surface area contributed by atoms with Crippen molar-refractivity contribution in [2.75, 3.05) is 39.0 Å². The number of carbonyl (C=O) groups is 2. The van der Waals surface area contributed by atoms with Gasteiger partial charge in [0.15, 0.2) is 0 Å². The van der Waals surface area contributed by atoms with Crippen LogP contribution >= 0.6 is 0 Å². The molecule has 0 saturated carbocycles. The molecule has 0 bridgehead atoms. The summed E-state index contributed by atoms with van der Waals surface area (Å²) >= 11 is 0. The summed E-state index contributed by atoms with van der Waals surface area (Å²) in [4.78, 5) is 27.3. The lowest BCUT2D eigenvalue weighted by Gasteiger charge is -2.16. The first kappa shape index (κ1) is 16.3. The zero-order valence-electron chi connectivity index (χ0n) is 13.3. The molecule has 0 spiro atoms. The number of nitrogens with one attached hydrogen (secondary N) is 2. The van der Waals surface area contributed by atoms with Crippen molar-refractivity contribution in [2.24, 2.45) is 0 Å². The first-order valence-corrected chi connectivity index (χ1v) is 7.61. The lowest BCUT2D eigenvalue weighted by Crippen LogP contribution is -2.37. The Morgan fingerprint density at radius 1 is 1.23 bits per heavy atom. The Morgan fingerprint density at radius 2 is 1.95 bits per heavy atom. The minimum Gasteiger partial charge on any atom is -0.334 e. The van der Waals surface area contributed by atoms with E-state index >= 15 is 0 Å². The first-order chi connectivity index (χ1) is 10.5. The van der Waals surface area contributed by atoms with Gasteiger partial charge in [0, 0.05) is 25.3 Å². The van der Waals surface area contributed by atoms with Crippen LogP contribution in [0, 0.1) is 0 Å². The van der Waals surface area contributed by atoms with E-state index in [9.17, 15) is 9.59 Å². The molecular weight excluding hydrogens is 280 g/mol. The third kappa shape index (κ3) is 5.04. The summed E-state index contributed by atoms with van der Waals surface area (Å²) in [5, 5.41) is 5.77. The van der Waals surface area contributed by atoms with Crippen LogP contribution in [-0.2, 0) is 11.3 Å². The zero-order valence-corrected chi connectivity index (χ0v) is 13.3. The van der Waals surface area contributed by atoms with E-state index < -0.39 is 0 Å². The summed E-state index contributed by atoms with van der Waals surface area (Å²) in [5.41, 5.74) is 1.72. The number of urea groups is 1. The van der Waals surface area contributed by atoms with E-state index in [1.807, 2.05) is 48.2 Å². The van der Waals surface area contributed by atoms with Gasteiger partial charge in [0.25, 0.3) is 0 Å². The molecule has 3 amide bonds. The minimum absolute atomic E-state index is 0.0143. The van der Waals surface area contributed by atoms with Gasteiger partial charge in [-0.2, -0.15) is 0 Å². The van der Waals surface area contributed by atoms with E-state index in [0.717, 1.165) is 37.2 Å². The monoisotopic (exact) mass is 304 g/mol. The van der Waals surface area contributed by atoms with E-state index in [2.05, 4.69) is 10.6 Å². The van der Waals surface area contributed by atoms with Gasteiger partial charge in [-0.05, 0) is 44.6 Å². The largest absolute Gasteiger partial charge is 0.334 e. The molecule has 0 atom stereocenters. The lowest BCUT2D eigenvalue weighted by atomic mass is 10.2. The summed E-state index contributed by atoms with van der Waals surface area (Å²) in [6, 6.07) is 7.53. The van der Waals surface area contributed by atoms with Crippen molar-refractivity contribution in [3.05, 3.63) is 29.8 Å². The van der Waals surface area contributed by atoms with Gasteiger partial charge in [-0.1, -0.05) is 12.1 Å². The quantitative estimate of drug-likeness (QED) is 0.866. The van der Waals surface area contributed by atoms with Crippen LogP contribution in [0.2, 0.25) is 0 Å². The average Bonchev–Trinajstić information content (AvgIpc) is 2.98. The van der Waals surface area contributed by atoms with Crippen LogP contribution in [0.1, 0.15) is 18.4 Å². The second-order valence-corrected chi connectivity index (χ2v) is 5.84. The van der Waals surface area contributed by atoms with E-state index in [0.29, 0.717) is 13.1 Å². The average molecular weight is 304 g/mol. The summed E-state index contributed by atoms with van der Waals surface area (Å²) in [6.07, 6.45) is 2.17. The van der Waals surface area contributed by atoms with Crippen LogP contribution in [0.25, 0.3) is 0 Å². The maximum atomic E-state index is 11.9.